The molecule has 28 heavy (non-hydrogen) atoms. The fourth-order valence-electron chi connectivity index (χ4n) is 2.69. The molecule has 4 rings (SSSR count). The Bertz CT molecular complexity index is 1200. The average molecular weight is 408 g/mol. The van der Waals surface area contributed by atoms with E-state index in [9.17, 15) is 8.42 Å². The molecule has 0 radical (unpaired) electrons. The first-order valence-corrected chi connectivity index (χ1v) is 10.8. The summed E-state index contributed by atoms with van der Waals surface area (Å²) < 4.78 is 31.3. The normalized spacial score (nSPS) is 12.2. The van der Waals surface area contributed by atoms with E-state index in [1.165, 1.54) is 11.5 Å². The number of para-hydroxylation sites is 1. The van der Waals surface area contributed by atoms with Crippen LogP contribution in [-0.2, 0) is 10.0 Å². The zero-order valence-electron chi connectivity index (χ0n) is 15.1. The molecular formula is C21H17N3O2S2. The summed E-state index contributed by atoms with van der Waals surface area (Å²) in [6, 6.07) is 26.0. The van der Waals surface area contributed by atoms with Gasteiger partial charge in [-0.1, -0.05) is 66.2 Å². The van der Waals surface area contributed by atoms with Crippen molar-refractivity contribution in [3.05, 3.63) is 95.3 Å². The molecule has 5 nitrogen and oxygen atoms in total. The van der Waals surface area contributed by atoms with Crippen molar-refractivity contribution >= 4 is 21.6 Å². The van der Waals surface area contributed by atoms with Crippen molar-refractivity contribution in [1.29, 1.82) is 0 Å². The van der Waals surface area contributed by atoms with Crippen molar-refractivity contribution in [2.45, 2.75) is 11.8 Å². The van der Waals surface area contributed by atoms with Gasteiger partial charge in [-0.3, -0.25) is 0 Å². The second kappa shape index (κ2) is 7.53. The van der Waals surface area contributed by atoms with Gasteiger partial charge in [0.15, 0.2) is 5.82 Å². The minimum atomic E-state index is -3.84. The Morgan fingerprint density at radius 3 is 2.11 bits per heavy atom. The molecule has 0 aliphatic heterocycles. The second-order valence-corrected chi connectivity index (χ2v) is 8.70. The lowest BCUT2D eigenvalue weighted by molar-refractivity contribution is 0.596. The largest absolute Gasteiger partial charge is 0.285 e. The molecule has 0 fully saturated rings. The first kappa shape index (κ1) is 18.3. The Kier molecular flexibility index (Phi) is 4.93. The molecule has 1 aromatic heterocycles. The van der Waals surface area contributed by atoms with E-state index in [0.717, 1.165) is 16.8 Å². The maximum Gasteiger partial charge on any atom is 0.285 e. The lowest BCUT2D eigenvalue weighted by Gasteiger charge is -2.05. The van der Waals surface area contributed by atoms with Crippen molar-refractivity contribution < 1.29 is 8.42 Å². The third-order valence-electron chi connectivity index (χ3n) is 4.11. The van der Waals surface area contributed by atoms with Crippen molar-refractivity contribution in [1.82, 2.24) is 8.94 Å². The molecule has 3 aromatic carbocycles. The standard InChI is InChI=1S/C21H17N3O2S2/c1-16-12-14-19(15-13-16)28(25,26)23-21-22-20(17-8-4-2-5-9-17)24(27-21)18-10-6-3-7-11-18/h2-15H,1H3/b23-21-. The zero-order chi connectivity index (χ0) is 19.6. The quantitative estimate of drug-likeness (QED) is 0.509. The summed E-state index contributed by atoms with van der Waals surface area (Å²) in [5.74, 6) is 0.648. The van der Waals surface area contributed by atoms with E-state index in [-0.39, 0.29) is 9.70 Å². The van der Waals surface area contributed by atoms with Crippen LogP contribution in [0.5, 0.6) is 0 Å². The number of rotatable bonds is 4. The number of benzene rings is 3. The van der Waals surface area contributed by atoms with Crippen LogP contribution in [0.3, 0.4) is 0 Å². The molecule has 0 saturated heterocycles. The molecule has 0 unspecified atom stereocenters. The SMILES string of the molecule is Cc1ccc(S(=O)(=O)/N=c2/nc(-c3ccccc3)n(-c3ccccc3)s2)cc1. The molecule has 1 heterocycles. The van der Waals surface area contributed by atoms with Gasteiger partial charge in [-0.15, -0.1) is 4.40 Å². The van der Waals surface area contributed by atoms with Crippen LogP contribution in [0.4, 0.5) is 0 Å². The van der Waals surface area contributed by atoms with E-state index in [0.29, 0.717) is 5.82 Å². The molecule has 0 bridgehead atoms. The van der Waals surface area contributed by atoms with Crippen LogP contribution in [-0.4, -0.2) is 17.4 Å². The highest BCUT2D eigenvalue weighted by molar-refractivity contribution is 7.90. The highest BCUT2D eigenvalue weighted by atomic mass is 32.2. The molecule has 0 atom stereocenters. The Morgan fingerprint density at radius 2 is 1.46 bits per heavy atom. The number of hydrogen-bond acceptors (Lipinski definition) is 4. The maximum absolute atomic E-state index is 12.7. The highest BCUT2D eigenvalue weighted by Gasteiger charge is 2.15. The summed E-state index contributed by atoms with van der Waals surface area (Å²) in [7, 11) is -3.84. The lowest BCUT2D eigenvalue weighted by atomic mass is 10.2. The highest BCUT2D eigenvalue weighted by Crippen LogP contribution is 2.22. The summed E-state index contributed by atoms with van der Waals surface area (Å²) in [4.78, 5) is 4.86. The Balaban J connectivity index is 1.88. The molecule has 7 heteroatoms. The van der Waals surface area contributed by atoms with Crippen molar-refractivity contribution in [2.24, 2.45) is 4.40 Å². The smallest absolute Gasteiger partial charge is 0.246 e. The summed E-state index contributed by atoms with van der Waals surface area (Å²) >= 11 is 1.19. The Hall–Kier alpha value is -3.03. The first-order chi connectivity index (χ1) is 13.5. The fourth-order valence-corrected chi connectivity index (χ4v) is 4.70. The fraction of sp³-hybridized carbons (Fsp3) is 0.0476. The molecule has 4 aromatic rings. The van der Waals surface area contributed by atoms with E-state index < -0.39 is 10.0 Å². The van der Waals surface area contributed by atoms with Gasteiger partial charge in [0.05, 0.1) is 10.6 Å². The average Bonchev–Trinajstić information content (AvgIpc) is 3.13. The molecule has 0 aliphatic rings. The third kappa shape index (κ3) is 3.81. The van der Waals surface area contributed by atoms with E-state index in [2.05, 4.69) is 9.38 Å². The lowest BCUT2D eigenvalue weighted by Crippen LogP contribution is -2.06. The van der Waals surface area contributed by atoms with Gasteiger partial charge < -0.3 is 0 Å². The molecule has 0 saturated carbocycles. The van der Waals surface area contributed by atoms with E-state index >= 15 is 0 Å². The van der Waals surface area contributed by atoms with Gasteiger partial charge in [-0.05, 0) is 42.7 Å². The molecule has 0 spiro atoms. The topological polar surface area (TPSA) is 64.3 Å². The minimum absolute atomic E-state index is 0.154. The number of sulfonamides is 1. The first-order valence-electron chi connectivity index (χ1n) is 8.62. The maximum atomic E-state index is 12.7. The second-order valence-electron chi connectivity index (χ2n) is 6.18. The van der Waals surface area contributed by atoms with Crippen LogP contribution in [0, 0.1) is 6.92 Å². The van der Waals surface area contributed by atoms with Gasteiger partial charge in [0.25, 0.3) is 10.0 Å². The van der Waals surface area contributed by atoms with E-state index in [1.54, 1.807) is 24.3 Å². The number of aromatic nitrogens is 2. The van der Waals surface area contributed by atoms with Crippen molar-refractivity contribution in [2.75, 3.05) is 0 Å². The summed E-state index contributed by atoms with van der Waals surface area (Å²) in [6.07, 6.45) is 0. The molecule has 0 aliphatic carbocycles. The van der Waals surface area contributed by atoms with Crippen molar-refractivity contribution in [3.63, 3.8) is 0 Å². The molecule has 0 amide bonds. The Labute approximate surface area is 167 Å². The van der Waals surface area contributed by atoms with Crippen LogP contribution in [0.1, 0.15) is 5.56 Å². The van der Waals surface area contributed by atoms with Gasteiger partial charge >= 0.3 is 0 Å². The number of hydrogen-bond donors (Lipinski definition) is 0. The van der Waals surface area contributed by atoms with Gasteiger partial charge in [-0.2, -0.15) is 13.4 Å². The zero-order valence-corrected chi connectivity index (χ0v) is 16.7. The van der Waals surface area contributed by atoms with Crippen LogP contribution in [0.25, 0.3) is 17.1 Å². The van der Waals surface area contributed by atoms with Crippen LogP contribution < -0.4 is 4.80 Å². The van der Waals surface area contributed by atoms with Gasteiger partial charge in [0.1, 0.15) is 0 Å². The van der Waals surface area contributed by atoms with Gasteiger partial charge in [0, 0.05) is 5.56 Å². The Morgan fingerprint density at radius 1 is 0.857 bits per heavy atom. The molecule has 0 N–H and O–H groups in total. The van der Waals surface area contributed by atoms with Crippen LogP contribution in [0.2, 0.25) is 0 Å². The molecular weight excluding hydrogens is 390 g/mol. The number of nitrogens with zero attached hydrogens (tertiary/aromatic N) is 3. The summed E-state index contributed by atoms with van der Waals surface area (Å²) in [5.41, 5.74) is 2.77. The minimum Gasteiger partial charge on any atom is -0.246 e. The van der Waals surface area contributed by atoms with E-state index in [4.69, 9.17) is 0 Å². The third-order valence-corrected chi connectivity index (χ3v) is 6.42. The predicted molar refractivity (Wildman–Crippen MR) is 111 cm³/mol. The predicted octanol–water partition coefficient (Wildman–Crippen LogP) is 4.20. The molecule has 140 valence electrons. The van der Waals surface area contributed by atoms with Gasteiger partial charge in [0.2, 0.25) is 4.80 Å². The van der Waals surface area contributed by atoms with Gasteiger partial charge in [-0.25, -0.2) is 3.96 Å². The van der Waals surface area contributed by atoms with E-state index in [1.807, 2.05) is 71.5 Å². The van der Waals surface area contributed by atoms with Crippen LogP contribution >= 0.6 is 11.5 Å². The monoisotopic (exact) mass is 407 g/mol. The van der Waals surface area contributed by atoms with Crippen molar-refractivity contribution in [3.8, 4) is 17.1 Å². The summed E-state index contributed by atoms with van der Waals surface area (Å²) in [5, 5.41) is 0. The van der Waals surface area contributed by atoms with Crippen LogP contribution in [0.15, 0.2) is 94.2 Å². The summed E-state index contributed by atoms with van der Waals surface area (Å²) in [6.45, 7) is 1.91. The number of aryl methyl sites for hydroxylation is 1.